The average molecular weight is 458 g/mol. The minimum atomic E-state index is -0.476. The Morgan fingerprint density at radius 2 is 1.85 bits per heavy atom. The monoisotopic (exact) mass is 457 g/mol. The van der Waals surface area contributed by atoms with E-state index < -0.39 is 5.82 Å². The van der Waals surface area contributed by atoms with Crippen molar-refractivity contribution in [2.24, 2.45) is 5.92 Å². The van der Waals surface area contributed by atoms with Gasteiger partial charge in [0.25, 0.3) is 5.56 Å². The predicted molar refractivity (Wildman–Crippen MR) is 129 cm³/mol. The summed E-state index contributed by atoms with van der Waals surface area (Å²) in [7, 11) is 0. The number of hydrogen-bond acceptors (Lipinski definition) is 5. The first-order chi connectivity index (χ1) is 16.6. The quantitative estimate of drug-likeness (QED) is 0.493. The molecule has 0 spiro atoms. The summed E-state index contributed by atoms with van der Waals surface area (Å²) < 4.78 is 15.6. The fourth-order valence-electron chi connectivity index (χ4n) is 4.36. The highest BCUT2D eigenvalue weighted by atomic mass is 19.1. The number of pyridine rings is 1. The van der Waals surface area contributed by atoms with Crippen LogP contribution in [0.5, 0.6) is 0 Å². The van der Waals surface area contributed by atoms with Gasteiger partial charge in [-0.3, -0.25) is 14.2 Å². The van der Waals surface area contributed by atoms with Gasteiger partial charge in [0.2, 0.25) is 5.91 Å². The Hall–Kier alpha value is -4.07. The fraction of sp³-hybridized carbons (Fsp3) is 0.231. The molecule has 0 aliphatic carbocycles. The normalized spacial score (nSPS) is 15.9. The zero-order valence-electron chi connectivity index (χ0n) is 18.5. The van der Waals surface area contributed by atoms with Crippen LogP contribution in [-0.2, 0) is 11.3 Å². The molecule has 1 unspecified atom stereocenters. The van der Waals surface area contributed by atoms with Crippen molar-refractivity contribution in [2.75, 3.05) is 23.3 Å². The second-order valence-electron chi connectivity index (χ2n) is 8.41. The minimum Gasteiger partial charge on any atom is -0.351 e. The van der Waals surface area contributed by atoms with Gasteiger partial charge < -0.3 is 10.2 Å². The SMILES string of the molecule is O=C(Nc1ccccc1F)C1CCCN(c2nc3cccnc3n(Cc3ccccc3)c2=O)C1. The molecule has 0 saturated carbocycles. The van der Waals surface area contributed by atoms with E-state index in [4.69, 9.17) is 0 Å². The number of halogens is 1. The van der Waals surface area contributed by atoms with Gasteiger partial charge in [-0.05, 0) is 42.7 Å². The van der Waals surface area contributed by atoms with E-state index in [9.17, 15) is 14.0 Å². The van der Waals surface area contributed by atoms with E-state index in [0.717, 1.165) is 12.0 Å². The first-order valence-electron chi connectivity index (χ1n) is 11.3. The molecule has 1 atom stereocenters. The lowest BCUT2D eigenvalue weighted by Crippen LogP contribution is -2.44. The maximum atomic E-state index is 14.0. The smallest absolute Gasteiger partial charge is 0.295 e. The van der Waals surface area contributed by atoms with Crippen molar-refractivity contribution >= 4 is 28.6 Å². The first-order valence-corrected chi connectivity index (χ1v) is 11.3. The van der Waals surface area contributed by atoms with Crippen molar-refractivity contribution in [2.45, 2.75) is 19.4 Å². The Bertz CT molecular complexity index is 1390. The maximum absolute atomic E-state index is 14.0. The number of aromatic nitrogens is 3. The van der Waals surface area contributed by atoms with Gasteiger partial charge in [0.15, 0.2) is 11.5 Å². The van der Waals surface area contributed by atoms with Crippen LogP contribution in [0.4, 0.5) is 15.9 Å². The Labute approximate surface area is 195 Å². The van der Waals surface area contributed by atoms with Crippen molar-refractivity contribution in [1.82, 2.24) is 14.5 Å². The van der Waals surface area contributed by atoms with E-state index in [1.165, 1.54) is 12.1 Å². The molecule has 1 saturated heterocycles. The Morgan fingerprint density at radius 3 is 2.68 bits per heavy atom. The van der Waals surface area contributed by atoms with E-state index in [1.54, 1.807) is 29.0 Å². The molecule has 2 aromatic heterocycles. The lowest BCUT2D eigenvalue weighted by molar-refractivity contribution is -0.120. The number of hydrogen-bond donors (Lipinski definition) is 1. The Kier molecular flexibility index (Phi) is 6.03. The number of piperidine rings is 1. The van der Waals surface area contributed by atoms with Gasteiger partial charge >= 0.3 is 0 Å². The third-order valence-corrected chi connectivity index (χ3v) is 6.09. The molecule has 1 aliphatic rings. The molecule has 3 heterocycles. The van der Waals surface area contributed by atoms with Gasteiger partial charge in [0.05, 0.1) is 18.2 Å². The van der Waals surface area contributed by atoms with Gasteiger partial charge in [0, 0.05) is 19.3 Å². The molecule has 1 aliphatic heterocycles. The van der Waals surface area contributed by atoms with E-state index in [0.29, 0.717) is 43.0 Å². The number of carbonyl (C=O) groups is 1. The molecule has 172 valence electrons. The van der Waals surface area contributed by atoms with E-state index in [-0.39, 0.29) is 23.1 Å². The molecule has 0 radical (unpaired) electrons. The number of fused-ring (bicyclic) bond motifs is 1. The van der Waals surface area contributed by atoms with Crippen molar-refractivity contribution in [3.63, 3.8) is 0 Å². The molecule has 1 amide bonds. The molecular formula is C26H24FN5O2. The zero-order valence-corrected chi connectivity index (χ0v) is 18.5. The van der Waals surface area contributed by atoms with Crippen LogP contribution in [0.1, 0.15) is 18.4 Å². The Morgan fingerprint density at radius 1 is 1.06 bits per heavy atom. The van der Waals surface area contributed by atoms with Crippen LogP contribution in [0, 0.1) is 11.7 Å². The van der Waals surface area contributed by atoms with Gasteiger partial charge in [-0.2, -0.15) is 0 Å². The molecular weight excluding hydrogens is 433 g/mol. The number of para-hydroxylation sites is 1. The van der Waals surface area contributed by atoms with Crippen LogP contribution in [-0.4, -0.2) is 33.5 Å². The van der Waals surface area contributed by atoms with Crippen molar-refractivity contribution in [3.8, 4) is 0 Å². The molecule has 1 N–H and O–H groups in total. The number of carbonyl (C=O) groups excluding carboxylic acids is 1. The van der Waals surface area contributed by atoms with E-state index in [2.05, 4.69) is 15.3 Å². The second kappa shape index (κ2) is 9.43. The highest BCUT2D eigenvalue weighted by molar-refractivity contribution is 5.93. The van der Waals surface area contributed by atoms with Crippen molar-refractivity contribution in [1.29, 1.82) is 0 Å². The van der Waals surface area contributed by atoms with Crippen LogP contribution in [0.15, 0.2) is 77.7 Å². The van der Waals surface area contributed by atoms with Crippen LogP contribution in [0.3, 0.4) is 0 Å². The molecule has 1 fully saturated rings. The maximum Gasteiger partial charge on any atom is 0.295 e. The molecule has 8 heteroatoms. The molecule has 7 nitrogen and oxygen atoms in total. The predicted octanol–water partition coefficient (Wildman–Crippen LogP) is 3.83. The van der Waals surface area contributed by atoms with Crippen LogP contribution in [0.25, 0.3) is 11.2 Å². The van der Waals surface area contributed by atoms with Gasteiger partial charge in [-0.15, -0.1) is 0 Å². The van der Waals surface area contributed by atoms with Crippen LogP contribution >= 0.6 is 0 Å². The number of anilines is 2. The van der Waals surface area contributed by atoms with Crippen molar-refractivity contribution < 1.29 is 9.18 Å². The number of benzene rings is 2. The highest BCUT2D eigenvalue weighted by Gasteiger charge is 2.29. The van der Waals surface area contributed by atoms with E-state index >= 15 is 0 Å². The summed E-state index contributed by atoms with van der Waals surface area (Å²) in [5.74, 6) is -0.820. The average Bonchev–Trinajstić information content (AvgIpc) is 2.87. The summed E-state index contributed by atoms with van der Waals surface area (Å²) in [6.45, 7) is 1.32. The number of nitrogens with one attached hydrogen (secondary N) is 1. The molecule has 0 bridgehead atoms. The minimum absolute atomic E-state index is 0.157. The highest BCUT2D eigenvalue weighted by Crippen LogP contribution is 2.23. The number of rotatable bonds is 5. The molecule has 5 rings (SSSR count). The standard InChI is InChI=1S/C26H24FN5O2/c27-20-11-4-5-12-21(20)30-25(33)19-10-7-15-31(17-19)24-26(34)32(16-18-8-2-1-3-9-18)23-22(29-24)13-6-14-28-23/h1-6,8-9,11-14,19H,7,10,15-17H2,(H,30,33). The molecule has 2 aromatic carbocycles. The zero-order chi connectivity index (χ0) is 23.5. The summed E-state index contributed by atoms with van der Waals surface area (Å²) in [5.41, 5.74) is 2.03. The largest absolute Gasteiger partial charge is 0.351 e. The molecule has 4 aromatic rings. The van der Waals surface area contributed by atoms with Gasteiger partial charge in [0.1, 0.15) is 11.3 Å². The summed E-state index contributed by atoms with van der Waals surface area (Å²) in [5, 5.41) is 2.69. The second-order valence-corrected chi connectivity index (χ2v) is 8.41. The first kappa shape index (κ1) is 21.8. The summed E-state index contributed by atoms with van der Waals surface area (Å²) in [4.78, 5) is 37.4. The summed E-state index contributed by atoms with van der Waals surface area (Å²) in [6, 6.07) is 19.4. The van der Waals surface area contributed by atoms with Gasteiger partial charge in [-0.1, -0.05) is 42.5 Å². The van der Waals surface area contributed by atoms with E-state index in [1.807, 2.05) is 41.3 Å². The topological polar surface area (TPSA) is 80.1 Å². The van der Waals surface area contributed by atoms with Crippen LogP contribution < -0.4 is 15.8 Å². The van der Waals surface area contributed by atoms with Crippen LogP contribution in [0.2, 0.25) is 0 Å². The lowest BCUT2D eigenvalue weighted by atomic mass is 9.97. The number of nitrogens with zero attached hydrogens (tertiary/aromatic N) is 4. The number of amides is 1. The fourth-order valence-corrected chi connectivity index (χ4v) is 4.36. The lowest BCUT2D eigenvalue weighted by Gasteiger charge is -2.32. The summed E-state index contributed by atoms with van der Waals surface area (Å²) >= 11 is 0. The third-order valence-electron chi connectivity index (χ3n) is 6.09. The summed E-state index contributed by atoms with van der Waals surface area (Å²) in [6.07, 6.45) is 3.03. The molecule has 34 heavy (non-hydrogen) atoms. The van der Waals surface area contributed by atoms with Gasteiger partial charge in [-0.25, -0.2) is 14.4 Å². The third kappa shape index (κ3) is 4.39. The van der Waals surface area contributed by atoms with Crippen molar-refractivity contribution in [3.05, 3.63) is 94.7 Å². The Balaban J connectivity index is 1.45.